The van der Waals surface area contributed by atoms with E-state index in [0.717, 1.165) is 16.3 Å². The summed E-state index contributed by atoms with van der Waals surface area (Å²) in [6.45, 7) is 4.30. The molecule has 0 saturated carbocycles. The summed E-state index contributed by atoms with van der Waals surface area (Å²) in [5.74, 6) is 0.431. The summed E-state index contributed by atoms with van der Waals surface area (Å²) in [7, 11) is 0. The Morgan fingerprint density at radius 1 is 1.33 bits per heavy atom. The summed E-state index contributed by atoms with van der Waals surface area (Å²) < 4.78 is 3.88. The fraction of sp³-hybridized carbons (Fsp3) is 0.273. The van der Waals surface area contributed by atoms with E-state index in [1.54, 1.807) is 0 Å². The van der Waals surface area contributed by atoms with Crippen molar-refractivity contribution in [2.24, 2.45) is 0 Å². The zero-order chi connectivity index (χ0) is 10.8. The summed E-state index contributed by atoms with van der Waals surface area (Å²) in [5, 5.41) is 6.81. The molecular formula is C11H11ClN2S. The van der Waals surface area contributed by atoms with Gasteiger partial charge in [-0.25, -0.2) is 0 Å². The molecule has 78 valence electrons. The van der Waals surface area contributed by atoms with Gasteiger partial charge in [-0.2, -0.15) is 0 Å². The summed E-state index contributed by atoms with van der Waals surface area (Å²) in [5.41, 5.74) is 3.28. The quantitative estimate of drug-likeness (QED) is 0.791. The maximum absolute atomic E-state index is 5.99. The molecule has 1 heterocycles. The van der Waals surface area contributed by atoms with Crippen LogP contribution < -0.4 is 0 Å². The minimum atomic E-state index is 0.431. The molecule has 0 saturated heterocycles. The number of benzene rings is 1. The van der Waals surface area contributed by atoms with Gasteiger partial charge in [-0.1, -0.05) is 36.0 Å². The number of halogens is 1. The molecule has 0 atom stereocenters. The average Bonchev–Trinajstić information content (AvgIpc) is 2.70. The van der Waals surface area contributed by atoms with Crippen molar-refractivity contribution < 1.29 is 0 Å². The van der Waals surface area contributed by atoms with Crippen molar-refractivity contribution in [1.29, 1.82) is 0 Å². The molecule has 0 aliphatic carbocycles. The standard InChI is InChI=1S/C11H11ClN2S/c1-7(2)10-5-8(12)3-4-9(10)11-6-15-14-13-11/h3-7H,1-2H3. The van der Waals surface area contributed by atoms with Crippen molar-refractivity contribution in [3.05, 3.63) is 34.2 Å². The number of aromatic nitrogens is 2. The third-order valence-electron chi connectivity index (χ3n) is 2.27. The van der Waals surface area contributed by atoms with E-state index in [-0.39, 0.29) is 0 Å². The number of nitrogens with zero attached hydrogens (tertiary/aromatic N) is 2. The van der Waals surface area contributed by atoms with Gasteiger partial charge in [0.25, 0.3) is 0 Å². The Kier molecular flexibility index (Phi) is 3.03. The Morgan fingerprint density at radius 2 is 2.13 bits per heavy atom. The van der Waals surface area contributed by atoms with Crippen LogP contribution >= 0.6 is 23.1 Å². The molecule has 0 spiro atoms. The molecule has 0 fully saturated rings. The molecule has 0 unspecified atom stereocenters. The van der Waals surface area contributed by atoms with Crippen molar-refractivity contribution in [2.45, 2.75) is 19.8 Å². The lowest BCUT2D eigenvalue weighted by Crippen LogP contribution is -1.92. The van der Waals surface area contributed by atoms with E-state index in [1.165, 1.54) is 17.1 Å². The highest BCUT2D eigenvalue weighted by molar-refractivity contribution is 7.03. The lowest BCUT2D eigenvalue weighted by Gasteiger charge is -2.10. The molecule has 2 rings (SSSR count). The first-order valence-electron chi connectivity index (χ1n) is 4.75. The smallest absolute Gasteiger partial charge is 0.106 e. The van der Waals surface area contributed by atoms with Crippen LogP contribution in [0.25, 0.3) is 11.3 Å². The van der Waals surface area contributed by atoms with E-state index < -0.39 is 0 Å². The Labute approximate surface area is 98.1 Å². The monoisotopic (exact) mass is 238 g/mol. The van der Waals surface area contributed by atoms with Crippen molar-refractivity contribution in [3.8, 4) is 11.3 Å². The van der Waals surface area contributed by atoms with E-state index in [0.29, 0.717) is 5.92 Å². The average molecular weight is 239 g/mol. The van der Waals surface area contributed by atoms with Crippen molar-refractivity contribution in [2.75, 3.05) is 0 Å². The molecule has 0 amide bonds. The maximum Gasteiger partial charge on any atom is 0.106 e. The fourth-order valence-electron chi connectivity index (χ4n) is 1.53. The zero-order valence-corrected chi connectivity index (χ0v) is 10.1. The molecule has 0 radical (unpaired) electrons. The van der Waals surface area contributed by atoms with Crippen LogP contribution in [0.1, 0.15) is 25.3 Å². The van der Waals surface area contributed by atoms with Gasteiger partial charge in [0.1, 0.15) is 5.69 Å². The predicted molar refractivity (Wildman–Crippen MR) is 64.4 cm³/mol. The third-order valence-corrected chi connectivity index (χ3v) is 3.01. The van der Waals surface area contributed by atoms with Crippen LogP contribution in [0.3, 0.4) is 0 Å². The summed E-state index contributed by atoms with van der Waals surface area (Å²) >= 11 is 7.35. The molecule has 1 aromatic carbocycles. The van der Waals surface area contributed by atoms with Crippen molar-refractivity contribution >= 4 is 23.1 Å². The third kappa shape index (κ3) is 2.19. The topological polar surface area (TPSA) is 25.8 Å². The highest BCUT2D eigenvalue weighted by Gasteiger charge is 2.10. The maximum atomic E-state index is 5.99. The van der Waals surface area contributed by atoms with Crippen LogP contribution in [0.4, 0.5) is 0 Å². The fourth-order valence-corrected chi connectivity index (χ4v) is 2.16. The van der Waals surface area contributed by atoms with E-state index >= 15 is 0 Å². The van der Waals surface area contributed by atoms with Crippen LogP contribution in [0, 0.1) is 0 Å². The second-order valence-electron chi connectivity index (χ2n) is 3.68. The van der Waals surface area contributed by atoms with Crippen LogP contribution in [0.5, 0.6) is 0 Å². The van der Waals surface area contributed by atoms with Gasteiger partial charge >= 0.3 is 0 Å². The van der Waals surface area contributed by atoms with Crippen LogP contribution in [0.2, 0.25) is 5.02 Å². The molecule has 4 heteroatoms. The Balaban J connectivity index is 2.56. The molecule has 1 aromatic heterocycles. The number of rotatable bonds is 2. The largest absolute Gasteiger partial charge is 0.138 e. The molecular weight excluding hydrogens is 228 g/mol. The molecule has 2 aromatic rings. The Hall–Kier alpha value is -0.930. The lowest BCUT2D eigenvalue weighted by molar-refractivity contribution is 0.867. The van der Waals surface area contributed by atoms with Crippen molar-refractivity contribution in [1.82, 2.24) is 9.59 Å². The van der Waals surface area contributed by atoms with Crippen LogP contribution in [-0.2, 0) is 0 Å². The van der Waals surface area contributed by atoms with E-state index in [9.17, 15) is 0 Å². The zero-order valence-electron chi connectivity index (χ0n) is 8.57. The molecule has 15 heavy (non-hydrogen) atoms. The molecule has 0 N–H and O–H groups in total. The Bertz CT molecular complexity index is 452. The second kappa shape index (κ2) is 4.29. The summed E-state index contributed by atoms with van der Waals surface area (Å²) in [6.07, 6.45) is 0. The number of hydrogen-bond donors (Lipinski definition) is 0. The van der Waals surface area contributed by atoms with Crippen LogP contribution in [0.15, 0.2) is 23.6 Å². The van der Waals surface area contributed by atoms with Crippen molar-refractivity contribution in [3.63, 3.8) is 0 Å². The van der Waals surface area contributed by atoms with Crippen LogP contribution in [-0.4, -0.2) is 9.59 Å². The normalized spacial score (nSPS) is 10.9. The van der Waals surface area contributed by atoms with Gasteiger partial charge < -0.3 is 0 Å². The van der Waals surface area contributed by atoms with Gasteiger partial charge in [0.15, 0.2) is 0 Å². The van der Waals surface area contributed by atoms with Gasteiger partial charge in [0, 0.05) is 16.0 Å². The van der Waals surface area contributed by atoms with E-state index in [2.05, 4.69) is 23.4 Å². The highest BCUT2D eigenvalue weighted by Crippen LogP contribution is 2.30. The first-order chi connectivity index (χ1) is 7.18. The van der Waals surface area contributed by atoms with Gasteiger partial charge in [-0.05, 0) is 35.1 Å². The second-order valence-corrected chi connectivity index (χ2v) is 4.72. The minimum Gasteiger partial charge on any atom is -0.138 e. The minimum absolute atomic E-state index is 0.431. The summed E-state index contributed by atoms with van der Waals surface area (Å²) in [4.78, 5) is 0. The molecule has 0 aliphatic heterocycles. The van der Waals surface area contributed by atoms with Gasteiger partial charge in [0.2, 0.25) is 0 Å². The molecule has 0 bridgehead atoms. The SMILES string of the molecule is CC(C)c1cc(Cl)ccc1-c1csnn1. The highest BCUT2D eigenvalue weighted by atomic mass is 35.5. The summed E-state index contributed by atoms with van der Waals surface area (Å²) in [6, 6.07) is 5.90. The predicted octanol–water partition coefficient (Wildman–Crippen LogP) is 3.98. The van der Waals surface area contributed by atoms with E-state index in [1.807, 2.05) is 23.6 Å². The Morgan fingerprint density at radius 3 is 2.73 bits per heavy atom. The first kappa shape index (κ1) is 10.6. The van der Waals surface area contributed by atoms with E-state index in [4.69, 9.17) is 11.6 Å². The first-order valence-corrected chi connectivity index (χ1v) is 5.97. The molecule has 2 nitrogen and oxygen atoms in total. The molecule has 0 aliphatic rings. The van der Waals surface area contributed by atoms with Gasteiger partial charge in [-0.3, -0.25) is 0 Å². The number of hydrogen-bond acceptors (Lipinski definition) is 3. The lowest BCUT2D eigenvalue weighted by atomic mass is 9.96. The van der Waals surface area contributed by atoms with Gasteiger partial charge in [-0.15, -0.1) is 5.10 Å². The van der Waals surface area contributed by atoms with Gasteiger partial charge in [0.05, 0.1) is 0 Å².